The molecule has 0 aliphatic rings. The number of nitrogens with zero attached hydrogens (tertiary/aromatic N) is 5. The molecule has 4 aromatic rings. The van der Waals surface area contributed by atoms with Crippen molar-refractivity contribution in [2.24, 2.45) is 14.1 Å². The molecule has 0 radical (unpaired) electrons. The first-order valence-electron chi connectivity index (χ1n) is 9.09. The highest BCUT2D eigenvalue weighted by atomic mass is 35.5. The molecule has 0 fully saturated rings. The maximum absolute atomic E-state index is 13.2. The Morgan fingerprint density at radius 1 is 0.967 bits per heavy atom. The second kappa shape index (κ2) is 7.97. The van der Waals surface area contributed by atoms with E-state index in [9.17, 15) is 9.59 Å². The van der Waals surface area contributed by atoms with Gasteiger partial charge in [-0.15, -0.1) is 0 Å². The molecule has 10 heteroatoms. The molecule has 0 saturated carbocycles. The Kier molecular flexibility index (Phi) is 5.36. The lowest BCUT2D eigenvalue weighted by Crippen LogP contribution is -2.39. The predicted octanol–water partition coefficient (Wildman–Crippen LogP) is 2.80. The van der Waals surface area contributed by atoms with E-state index in [2.05, 4.69) is 15.3 Å². The first-order chi connectivity index (χ1) is 14.4. The van der Waals surface area contributed by atoms with Gasteiger partial charge in [-0.05, 0) is 35.4 Å². The number of imidazole rings is 1. The van der Waals surface area contributed by atoms with Crippen LogP contribution in [0.25, 0.3) is 11.2 Å². The van der Waals surface area contributed by atoms with Crippen LogP contribution in [0.15, 0.2) is 52.3 Å². The quantitative estimate of drug-likeness (QED) is 0.511. The highest BCUT2D eigenvalue weighted by Gasteiger charge is 2.18. The van der Waals surface area contributed by atoms with Crippen LogP contribution in [-0.2, 0) is 27.2 Å². The van der Waals surface area contributed by atoms with Gasteiger partial charge in [0.15, 0.2) is 11.2 Å². The van der Waals surface area contributed by atoms with Gasteiger partial charge in [0.05, 0.1) is 16.6 Å². The first kappa shape index (κ1) is 20.2. The van der Waals surface area contributed by atoms with Crippen molar-refractivity contribution in [1.82, 2.24) is 23.7 Å². The number of pyridine rings is 1. The number of aromatic nitrogens is 5. The van der Waals surface area contributed by atoms with Gasteiger partial charge < -0.3 is 9.88 Å². The molecule has 0 bridgehead atoms. The van der Waals surface area contributed by atoms with Crippen molar-refractivity contribution in [2.45, 2.75) is 13.1 Å². The van der Waals surface area contributed by atoms with Crippen LogP contribution in [0, 0.1) is 0 Å². The number of halogens is 2. The second-order valence-corrected chi connectivity index (χ2v) is 7.67. The number of nitrogens with one attached hydrogen (secondary N) is 1. The van der Waals surface area contributed by atoms with Crippen LogP contribution in [-0.4, -0.2) is 23.7 Å². The molecule has 3 heterocycles. The topological polar surface area (TPSA) is 86.7 Å². The maximum Gasteiger partial charge on any atom is 0.332 e. The summed E-state index contributed by atoms with van der Waals surface area (Å²) in [6, 6.07) is 8.78. The number of rotatable bonds is 5. The summed E-state index contributed by atoms with van der Waals surface area (Å²) in [4.78, 5) is 34.5. The van der Waals surface area contributed by atoms with E-state index in [1.165, 1.54) is 4.57 Å². The highest BCUT2D eigenvalue weighted by molar-refractivity contribution is 6.42. The van der Waals surface area contributed by atoms with Crippen LogP contribution in [0.2, 0.25) is 10.0 Å². The normalized spacial score (nSPS) is 11.2. The molecule has 0 aliphatic heterocycles. The molecule has 0 aliphatic carbocycles. The molecule has 154 valence electrons. The van der Waals surface area contributed by atoms with Gasteiger partial charge in [0, 0.05) is 33.0 Å². The summed E-state index contributed by atoms with van der Waals surface area (Å²) in [6.07, 6.45) is 3.41. The minimum Gasteiger partial charge on any atom is -0.352 e. The Morgan fingerprint density at radius 3 is 2.40 bits per heavy atom. The zero-order valence-electron chi connectivity index (χ0n) is 16.3. The summed E-state index contributed by atoms with van der Waals surface area (Å²) in [5.74, 6) is 0.487. The Bertz CT molecular complexity index is 1360. The van der Waals surface area contributed by atoms with Crippen LogP contribution in [0.4, 0.5) is 5.95 Å². The Labute approximate surface area is 181 Å². The molecule has 0 unspecified atom stereocenters. The van der Waals surface area contributed by atoms with Gasteiger partial charge in [0.1, 0.15) is 0 Å². The molecule has 1 aromatic carbocycles. The van der Waals surface area contributed by atoms with Gasteiger partial charge >= 0.3 is 5.69 Å². The van der Waals surface area contributed by atoms with Crippen LogP contribution < -0.4 is 16.6 Å². The summed E-state index contributed by atoms with van der Waals surface area (Å²) in [5.41, 5.74) is 1.47. The van der Waals surface area contributed by atoms with Crippen molar-refractivity contribution in [2.75, 3.05) is 5.32 Å². The standard InChI is InChI=1S/C20H18Cl2N6O2/c1-26-16-17(25-19(26)24-10-12-5-7-23-8-6-12)27(2)20(30)28(18(16)29)11-13-3-4-14(21)15(22)9-13/h3-9H,10-11H2,1-2H3,(H,24,25). The van der Waals surface area contributed by atoms with Gasteiger partial charge in [-0.25, -0.2) is 4.79 Å². The number of anilines is 1. The Hall–Kier alpha value is -3.10. The van der Waals surface area contributed by atoms with Gasteiger partial charge in [-0.1, -0.05) is 29.3 Å². The Morgan fingerprint density at radius 2 is 1.70 bits per heavy atom. The fourth-order valence-electron chi connectivity index (χ4n) is 3.24. The average Bonchev–Trinajstić information content (AvgIpc) is 3.08. The van der Waals surface area contributed by atoms with Crippen molar-refractivity contribution in [3.05, 3.63) is 84.7 Å². The van der Waals surface area contributed by atoms with Crippen LogP contribution in [0.5, 0.6) is 0 Å². The van der Waals surface area contributed by atoms with E-state index >= 15 is 0 Å². The third-order valence-electron chi connectivity index (χ3n) is 4.88. The number of aryl methyl sites for hydroxylation is 2. The van der Waals surface area contributed by atoms with Gasteiger partial charge in [-0.3, -0.25) is 18.9 Å². The molecule has 0 saturated heterocycles. The summed E-state index contributed by atoms with van der Waals surface area (Å²) in [5, 5.41) is 3.98. The molecule has 1 N–H and O–H groups in total. The number of benzene rings is 1. The molecule has 8 nitrogen and oxygen atoms in total. The summed E-state index contributed by atoms with van der Waals surface area (Å²) in [6.45, 7) is 0.578. The summed E-state index contributed by atoms with van der Waals surface area (Å²) >= 11 is 12.0. The third kappa shape index (κ3) is 3.59. The monoisotopic (exact) mass is 444 g/mol. The summed E-state index contributed by atoms with van der Waals surface area (Å²) in [7, 11) is 3.33. The minimum absolute atomic E-state index is 0.0727. The zero-order valence-corrected chi connectivity index (χ0v) is 17.8. The zero-order chi connectivity index (χ0) is 21.4. The molecule has 0 spiro atoms. The van der Waals surface area contributed by atoms with Crippen LogP contribution in [0.3, 0.4) is 0 Å². The molecule has 30 heavy (non-hydrogen) atoms. The number of hydrogen-bond donors (Lipinski definition) is 1. The smallest absolute Gasteiger partial charge is 0.332 e. The molecule has 4 rings (SSSR count). The SMILES string of the molecule is Cn1c(NCc2ccncc2)nc2c1c(=O)n(Cc1ccc(Cl)c(Cl)c1)c(=O)n2C. The first-order valence-corrected chi connectivity index (χ1v) is 9.85. The number of fused-ring (bicyclic) bond motifs is 1. The van der Waals surface area contributed by atoms with E-state index in [4.69, 9.17) is 23.2 Å². The van der Waals surface area contributed by atoms with E-state index in [0.717, 1.165) is 10.1 Å². The van der Waals surface area contributed by atoms with Crippen molar-refractivity contribution in [1.29, 1.82) is 0 Å². The fourth-order valence-corrected chi connectivity index (χ4v) is 3.56. The highest BCUT2D eigenvalue weighted by Crippen LogP contribution is 2.23. The summed E-state index contributed by atoms with van der Waals surface area (Å²) < 4.78 is 4.19. The van der Waals surface area contributed by atoms with E-state index in [-0.39, 0.29) is 6.54 Å². The largest absolute Gasteiger partial charge is 0.352 e. The minimum atomic E-state index is -0.461. The average molecular weight is 445 g/mol. The van der Waals surface area contributed by atoms with Crippen LogP contribution in [0.1, 0.15) is 11.1 Å². The lowest BCUT2D eigenvalue weighted by Gasteiger charge is -2.09. The molecule has 0 amide bonds. The fraction of sp³-hybridized carbons (Fsp3) is 0.200. The van der Waals surface area contributed by atoms with E-state index < -0.39 is 11.2 Å². The predicted molar refractivity (Wildman–Crippen MR) is 117 cm³/mol. The molecular weight excluding hydrogens is 427 g/mol. The Balaban J connectivity index is 1.76. The third-order valence-corrected chi connectivity index (χ3v) is 5.62. The van der Waals surface area contributed by atoms with Crippen LogP contribution >= 0.6 is 23.2 Å². The van der Waals surface area contributed by atoms with Crippen molar-refractivity contribution >= 4 is 40.3 Å². The van der Waals surface area contributed by atoms with E-state index in [1.807, 2.05) is 12.1 Å². The van der Waals surface area contributed by atoms with Crippen molar-refractivity contribution < 1.29 is 0 Å². The second-order valence-electron chi connectivity index (χ2n) is 6.86. The maximum atomic E-state index is 13.2. The molecular formula is C20H18Cl2N6O2. The van der Waals surface area contributed by atoms with E-state index in [1.54, 1.807) is 49.3 Å². The van der Waals surface area contributed by atoms with Gasteiger partial charge in [0.2, 0.25) is 5.95 Å². The lowest BCUT2D eigenvalue weighted by atomic mass is 10.2. The lowest BCUT2D eigenvalue weighted by molar-refractivity contribution is 0.655. The molecule has 3 aromatic heterocycles. The van der Waals surface area contributed by atoms with Gasteiger partial charge in [-0.2, -0.15) is 4.98 Å². The van der Waals surface area contributed by atoms with E-state index in [0.29, 0.717) is 39.3 Å². The van der Waals surface area contributed by atoms with Gasteiger partial charge in [0.25, 0.3) is 5.56 Å². The van der Waals surface area contributed by atoms with Crippen molar-refractivity contribution in [3.8, 4) is 0 Å². The number of hydrogen-bond acceptors (Lipinski definition) is 5. The van der Waals surface area contributed by atoms with Crippen molar-refractivity contribution in [3.63, 3.8) is 0 Å². The molecule has 0 atom stereocenters.